The van der Waals surface area contributed by atoms with Crippen LogP contribution in [0.4, 0.5) is 0 Å². The van der Waals surface area contributed by atoms with Gasteiger partial charge in [-0.15, -0.1) is 6.58 Å². The van der Waals surface area contributed by atoms with Crippen molar-refractivity contribution in [3.63, 3.8) is 0 Å². The zero-order chi connectivity index (χ0) is 11.3. The summed E-state index contributed by atoms with van der Waals surface area (Å²) in [5.74, 6) is 0.503. The lowest BCUT2D eigenvalue weighted by Gasteiger charge is -2.19. The number of allylic oxidation sites excluding steroid dienone is 1. The highest BCUT2D eigenvalue weighted by atomic mass is 14.6. The Morgan fingerprint density at radius 1 is 1.33 bits per heavy atom. The fraction of sp³-hybridized carbons (Fsp3) is 0.429. The first-order valence-corrected chi connectivity index (χ1v) is 5.53. The van der Waals surface area contributed by atoms with E-state index in [2.05, 4.69) is 44.7 Å². The molecule has 15 heavy (non-hydrogen) atoms. The summed E-state index contributed by atoms with van der Waals surface area (Å²) >= 11 is 0. The molecule has 0 saturated carbocycles. The quantitative estimate of drug-likeness (QED) is 0.731. The maximum Gasteiger partial charge on any atom is 0.0108 e. The lowest BCUT2D eigenvalue weighted by atomic mass is 9.91. The minimum absolute atomic E-state index is 0.226. The summed E-state index contributed by atoms with van der Waals surface area (Å²) in [4.78, 5) is 0. The molecule has 1 nitrogen and oxygen atoms in total. The van der Waals surface area contributed by atoms with Crippen LogP contribution in [-0.2, 0) is 6.42 Å². The van der Waals surface area contributed by atoms with E-state index < -0.39 is 0 Å². The van der Waals surface area contributed by atoms with Crippen molar-refractivity contribution in [2.45, 2.75) is 32.7 Å². The van der Waals surface area contributed by atoms with Crippen molar-refractivity contribution in [1.82, 2.24) is 0 Å². The highest BCUT2D eigenvalue weighted by molar-refractivity contribution is 5.16. The maximum atomic E-state index is 6.16. The van der Waals surface area contributed by atoms with Gasteiger partial charge < -0.3 is 5.73 Å². The van der Waals surface area contributed by atoms with Gasteiger partial charge in [-0.25, -0.2) is 0 Å². The van der Waals surface area contributed by atoms with E-state index in [-0.39, 0.29) is 6.04 Å². The van der Waals surface area contributed by atoms with Gasteiger partial charge in [-0.3, -0.25) is 0 Å². The van der Waals surface area contributed by atoms with Gasteiger partial charge in [0, 0.05) is 6.04 Å². The molecule has 0 heterocycles. The predicted molar refractivity (Wildman–Crippen MR) is 66.7 cm³/mol. The summed E-state index contributed by atoms with van der Waals surface area (Å²) < 4.78 is 0. The summed E-state index contributed by atoms with van der Waals surface area (Å²) in [6.07, 6.45) is 1.98. The Bertz CT molecular complexity index is 302. The fourth-order valence-corrected chi connectivity index (χ4v) is 1.79. The summed E-state index contributed by atoms with van der Waals surface area (Å²) in [5.41, 5.74) is 8.69. The number of hydrogen-bond donors (Lipinski definition) is 1. The molecule has 1 rings (SSSR count). The van der Waals surface area contributed by atoms with Gasteiger partial charge in [0.15, 0.2) is 0 Å². The van der Waals surface area contributed by atoms with Gasteiger partial charge in [0.05, 0.1) is 0 Å². The fourth-order valence-electron chi connectivity index (χ4n) is 1.79. The summed E-state index contributed by atoms with van der Waals surface area (Å²) in [6.45, 7) is 8.19. The number of benzene rings is 1. The van der Waals surface area contributed by atoms with Gasteiger partial charge in [0.1, 0.15) is 0 Å². The highest BCUT2D eigenvalue weighted by Crippen LogP contribution is 2.15. The molecule has 0 radical (unpaired) electrons. The van der Waals surface area contributed by atoms with Crippen molar-refractivity contribution >= 4 is 0 Å². The third-order valence-electron chi connectivity index (χ3n) is 2.72. The molecule has 1 heteroatoms. The van der Waals surface area contributed by atoms with Crippen LogP contribution in [0.1, 0.15) is 25.8 Å². The van der Waals surface area contributed by atoms with Gasteiger partial charge in [-0.1, -0.05) is 42.8 Å². The summed E-state index contributed by atoms with van der Waals surface area (Å²) in [5, 5.41) is 0. The maximum absolute atomic E-state index is 6.16. The molecule has 0 aromatic heterocycles. The SMILES string of the molecule is C=C(C)CC(C)C(N)Cc1ccccc1. The van der Waals surface area contributed by atoms with E-state index in [1.807, 2.05) is 6.07 Å². The molecule has 0 aliphatic rings. The summed E-state index contributed by atoms with van der Waals surface area (Å²) in [7, 11) is 0. The lowest BCUT2D eigenvalue weighted by molar-refractivity contribution is 0.449. The van der Waals surface area contributed by atoms with E-state index in [0.29, 0.717) is 5.92 Å². The van der Waals surface area contributed by atoms with Crippen molar-refractivity contribution in [3.8, 4) is 0 Å². The highest BCUT2D eigenvalue weighted by Gasteiger charge is 2.12. The molecule has 0 aliphatic carbocycles. The van der Waals surface area contributed by atoms with Crippen LogP contribution in [0.2, 0.25) is 0 Å². The third-order valence-corrected chi connectivity index (χ3v) is 2.72. The van der Waals surface area contributed by atoms with E-state index in [1.165, 1.54) is 11.1 Å². The number of rotatable bonds is 5. The molecule has 0 amide bonds. The molecule has 2 unspecified atom stereocenters. The predicted octanol–water partition coefficient (Wildman–Crippen LogP) is 3.16. The second-order valence-electron chi connectivity index (χ2n) is 4.49. The Morgan fingerprint density at radius 3 is 2.47 bits per heavy atom. The van der Waals surface area contributed by atoms with Crippen molar-refractivity contribution in [2.24, 2.45) is 11.7 Å². The molecule has 0 aliphatic heterocycles. The van der Waals surface area contributed by atoms with Gasteiger partial charge in [0.2, 0.25) is 0 Å². The topological polar surface area (TPSA) is 26.0 Å². The van der Waals surface area contributed by atoms with E-state index in [0.717, 1.165) is 12.8 Å². The van der Waals surface area contributed by atoms with Gasteiger partial charge >= 0.3 is 0 Å². The van der Waals surface area contributed by atoms with E-state index in [4.69, 9.17) is 5.73 Å². The normalized spacial score (nSPS) is 14.6. The Morgan fingerprint density at radius 2 is 1.93 bits per heavy atom. The van der Waals surface area contributed by atoms with Gasteiger partial charge in [-0.05, 0) is 31.2 Å². The molecular formula is C14H21N. The average molecular weight is 203 g/mol. The Hall–Kier alpha value is -1.08. The monoisotopic (exact) mass is 203 g/mol. The molecule has 1 aromatic carbocycles. The smallest absolute Gasteiger partial charge is 0.0108 e. The van der Waals surface area contributed by atoms with Crippen molar-refractivity contribution in [2.75, 3.05) is 0 Å². The van der Waals surface area contributed by atoms with E-state index in [9.17, 15) is 0 Å². The van der Waals surface area contributed by atoms with Gasteiger partial charge in [0.25, 0.3) is 0 Å². The minimum Gasteiger partial charge on any atom is -0.327 e. The van der Waals surface area contributed by atoms with Crippen molar-refractivity contribution < 1.29 is 0 Å². The molecule has 0 spiro atoms. The van der Waals surface area contributed by atoms with E-state index in [1.54, 1.807) is 0 Å². The van der Waals surface area contributed by atoms with Crippen LogP contribution in [0.25, 0.3) is 0 Å². The van der Waals surface area contributed by atoms with Crippen molar-refractivity contribution in [1.29, 1.82) is 0 Å². The van der Waals surface area contributed by atoms with Crippen LogP contribution in [-0.4, -0.2) is 6.04 Å². The Balaban J connectivity index is 2.48. The van der Waals surface area contributed by atoms with Crippen LogP contribution >= 0.6 is 0 Å². The van der Waals surface area contributed by atoms with Crippen LogP contribution in [0, 0.1) is 5.92 Å². The second-order valence-corrected chi connectivity index (χ2v) is 4.49. The molecule has 0 fully saturated rings. The number of nitrogens with two attached hydrogens (primary N) is 1. The molecule has 2 N–H and O–H groups in total. The molecule has 82 valence electrons. The van der Waals surface area contributed by atoms with Crippen LogP contribution in [0.3, 0.4) is 0 Å². The summed E-state index contributed by atoms with van der Waals surface area (Å²) in [6, 6.07) is 10.6. The minimum atomic E-state index is 0.226. The van der Waals surface area contributed by atoms with Gasteiger partial charge in [-0.2, -0.15) is 0 Å². The van der Waals surface area contributed by atoms with Crippen LogP contribution in [0.5, 0.6) is 0 Å². The molecule has 2 atom stereocenters. The zero-order valence-electron chi connectivity index (χ0n) is 9.74. The van der Waals surface area contributed by atoms with Crippen molar-refractivity contribution in [3.05, 3.63) is 48.0 Å². The Labute approximate surface area is 93.0 Å². The molecule has 0 bridgehead atoms. The zero-order valence-corrected chi connectivity index (χ0v) is 9.74. The molecular weight excluding hydrogens is 182 g/mol. The number of hydrogen-bond acceptors (Lipinski definition) is 1. The first-order valence-electron chi connectivity index (χ1n) is 5.53. The average Bonchev–Trinajstić information content (AvgIpc) is 2.18. The van der Waals surface area contributed by atoms with Crippen LogP contribution in [0.15, 0.2) is 42.5 Å². The lowest BCUT2D eigenvalue weighted by Crippen LogP contribution is -2.30. The first-order chi connectivity index (χ1) is 7.09. The second kappa shape index (κ2) is 5.72. The first kappa shape index (κ1) is 12.0. The molecule has 1 aromatic rings. The largest absolute Gasteiger partial charge is 0.327 e. The van der Waals surface area contributed by atoms with Crippen LogP contribution < -0.4 is 5.73 Å². The Kier molecular flexibility index (Phi) is 4.57. The van der Waals surface area contributed by atoms with E-state index >= 15 is 0 Å². The standard InChI is InChI=1S/C14H21N/c1-11(2)9-12(3)14(15)10-13-7-5-4-6-8-13/h4-8,12,14H,1,9-10,15H2,2-3H3. The third kappa shape index (κ3) is 4.30. The molecule has 0 saturated heterocycles.